The molecule has 1 aromatic heterocycles. The van der Waals surface area contributed by atoms with Crippen molar-refractivity contribution < 1.29 is 19.1 Å². The highest BCUT2D eigenvalue weighted by Gasteiger charge is 2.46. The van der Waals surface area contributed by atoms with E-state index in [9.17, 15) is 14.7 Å². The summed E-state index contributed by atoms with van der Waals surface area (Å²) in [4.78, 5) is 28.6. The minimum atomic E-state index is -2.24. The molecule has 0 amide bonds. The number of carbonyl (C=O) groups is 2. The lowest BCUT2D eigenvalue weighted by atomic mass is 9.78. The van der Waals surface area contributed by atoms with Gasteiger partial charge in [0.25, 0.3) is 0 Å². The zero-order valence-corrected chi connectivity index (χ0v) is 15.3. The van der Waals surface area contributed by atoms with Crippen LogP contribution in [-0.2, 0) is 23.5 Å². The minimum Gasteiger partial charge on any atom is -0.392 e. The van der Waals surface area contributed by atoms with Crippen LogP contribution in [0.2, 0.25) is 10.0 Å². The Bertz CT molecular complexity index is 887. The second-order valence-electron chi connectivity index (χ2n) is 6.23. The van der Waals surface area contributed by atoms with Gasteiger partial charge in [-0.3, -0.25) is 14.6 Å². The van der Waals surface area contributed by atoms with Crippen LogP contribution < -0.4 is 0 Å². The van der Waals surface area contributed by atoms with Gasteiger partial charge in [-0.2, -0.15) is 0 Å². The number of ketones is 2. The first kappa shape index (κ1) is 19.0. The summed E-state index contributed by atoms with van der Waals surface area (Å²) in [6, 6.07) is 6.04. The Labute approximate surface area is 160 Å². The van der Waals surface area contributed by atoms with Crippen molar-refractivity contribution in [2.45, 2.75) is 38.0 Å². The van der Waals surface area contributed by atoms with Gasteiger partial charge in [0.05, 0.1) is 6.61 Å². The third kappa shape index (κ3) is 3.39. The van der Waals surface area contributed by atoms with Gasteiger partial charge in [0.1, 0.15) is 5.69 Å². The Kier molecular flexibility index (Phi) is 5.42. The number of hydrogen-bond donors (Lipinski definition) is 1. The molecule has 1 heterocycles. The van der Waals surface area contributed by atoms with Crippen molar-refractivity contribution in [2.75, 3.05) is 0 Å². The van der Waals surface area contributed by atoms with E-state index in [1.165, 1.54) is 24.4 Å². The summed E-state index contributed by atoms with van der Waals surface area (Å²) in [5.74, 6) is -0.890. The Hall–Kier alpha value is -1.82. The molecule has 1 atom stereocenters. The molecule has 0 aliphatic heterocycles. The fraction of sp³-hybridized carbons (Fsp3) is 0.316. The van der Waals surface area contributed by atoms with E-state index in [-0.39, 0.29) is 49.3 Å². The first-order valence-electron chi connectivity index (χ1n) is 8.15. The zero-order valence-electron chi connectivity index (χ0n) is 13.8. The maximum atomic E-state index is 15.5. The van der Waals surface area contributed by atoms with E-state index < -0.39 is 11.5 Å². The number of rotatable bonds is 5. The fourth-order valence-corrected chi connectivity index (χ4v) is 3.92. The van der Waals surface area contributed by atoms with E-state index in [2.05, 4.69) is 4.98 Å². The summed E-state index contributed by atoms with van der Waals surface area (Å²) in [6.45, 7) is -0.286. The molecule has 1 aromatic carbocycles. The van der Waals surface area contributed by atoms with Crippen LogP contribution >= 0.6 is 23.2 Å². The number of hydrogen-bond acceptors (Lipinski definition) is 4. The number of aromatic nitrogens is 1. The summed E-state index contributed by atoms with van der Waals surface area (Å²) in [5, 5.41) is 10.2. The minimum absolute atomic E-state index is 0.0233. The van der Waals surface area contributed by atoms with Gasteiger partial charge in [-0.05, 0) is 35.7 Å². The van der Waals surface area contributed by atoms with Crippen LogP contribution in [-0.4, -0.2) is 21.7 Å². The molecule has 1 aliphatic rings. The van der Waals surface area contributed by atoms with Crippen molar-refractivity contribution in [1.82, 2.24) is 4.98 Å². The van der Waals surface area contributed by atoms with Crippen LogP contribution in [0.3, 0.4) is 0 Å². The van der Waals surface area contributed by atoms with Crippen molar-refractivity contribution >= 4 is 34.8 Å². The summed E-state index contributed by atoms with van der Waals surface area (Å²) in [5.41, 5.74) is -1.12. The molecule has 0 saturated heterocycles. The maximum Gasteiger partial charge on any atom is 0.196 e. The van der Waals surface area contributed by atoms with E-state index in [1.54, 1.807) is 6.07 Å². The van der Waals surface area contributed by atoms with E-state index in [0.29, 0.717) is 21.2 Å². The van der Waals surface area contributed by atoms with Crippen molar-refractivity contribution in [2.24, 2.45) is 0 Å². The number of Topliss-reactive ketones (excluding diaryl/α,β-unsaturated/α-hetero) is 2. The normalized spacial score (nSPS) is 19.3. The molecule has 4 nitrogen and oxygen atoms in total. The van der Waals surface area contributed by atoms with Gasteiger partial charge in [-0.1, -0.05) is 29.3 Å². The first-order chi connectivity index (χ1) is 12.4. The third-order valence-electron chi connectivity index (χ3n) is 4.66. The second-order valence-corrected chi connectivity index (χ2v) is 7.07. The largest absolute Gasteiger partial charge is 0.392 e. The van der Waals surface area contributed by atoms with Crippen molar-refractivity contribution in [3.05, 3.63) is 62.9 Å². The molecule has 7 heteroatoms. The van der Waals surface area contributed by atoms with Gasteiger partial charge < -0.3 is 5.11 Å². The third-order valence-corrected chi connectivity index (χ3v) is 5.22. The Morgan fingerprint density at radius 2 is 2.12 bits per heavy atom. The van der Waals surface area contributed by atoms with Gasteiger partial charge >= 0.3 is 0 Å². The predicted octanol–water partition coefficient (Wildman–Crippen LogP) is 4.22. The molecule has 1 aliphatic carbocycles. The molecule has 0 fully saturated rings. The molecule has 0 unspecified atom stereocenters. The van der Waals surface area contributed by atoms with Gasteiger partial charge in [0.15, 0.2) is 17.2 Å². The number of pyridine rings is 1. The Morgan fingerprint density at radius 1 is 1.35 bits per heavy atom. The number of aliphatic hydroxyl groups excluding tert-OH is 1. The topological polar surface area (TPSA) is 67.3 Å². The van der Waals surface area contributed by atoms with Crippen LogP contribution in [0.5, 0.6) is 0 Å². The number of nitrogens with zero attached hydrogens (tertiary/aromatic N) is 1. The average molecular weight is 396 g/mol. The predicted molar refractivity (Wildman–Crippen MR) is 96.3 cm³/mol. The maximum absolute atomic E-state index is 15.5. The average Bonchev–Trinajstić information content (AvgIpc) is 2.63. The van der Waals surface area contributed by atoms with E-state index >= 15 is 4.39 Å². The van der Waals surface area contributed by atoms with Gasteiger partial charge in [0.2, 0.25) is 0 Å². The smallest absolute Gasteiger partial charge is 0.196 e. The summed E-state index contributed by atoms with van der Waals surface area (Å²) >= 11 is 12.1. The fourth-order valence-electron chi connectivity index (χ4n) is 3.29. The van der Waals surface area contributed by atoms with Gasteiger partial charge in [-0.15, -0.1) is 0 Å². The lowest BCUT2D eigenvalue weighted by Gasteiger charge is -2.29. The lowest BCUT2D eigenvalue weighted by molar-refractivity contribution is -0.131. The molecule has 0 saturated carbocycles. The second kappa shape index (κ2) is 7.43. The van der Waals surface area contributed by atoms with Gasteiger partial charge in [-0.25, -0.2) is 4.39 Å². The highest BCUT2D eigenvalue weighted by atomic mass is 35.5. The van der Waals surface area contributed by atoms with Gasteiger partial charge in [0, 0.05) is 41.1 Å². The molecule has 136 valence electrons. The van der Waals surface area contributed by atoms with Crippen LogP contribution in [0.25, 0.3) is 0 Å². The quantitative estimate of drug-likeness (QED) is 0.822. The van der Waals surface area contributed by atoms with Crippen molar-refractivity contribution in [3.8, 4) is 0 Å². The Morgan fingerprint density at radius 3 is 2.85 bits per heavy atom. The molecule has 2 aromatic rings. The van der Waals surface area contributed by atoms with Crippen LogP contribution in [0.4, 0.5) is 4.39 Å². The van der Waals surface area contributed by atoms with E-state index in [0.717, 1.165) is 0 Å². The van der Waals surface area contributed by atoms with Crippen LogP contribution in [0.1, 0.15) is 46.4 Å². The molecular weight excluding hydrogens is 380 g/mol. The lowest BCUT2D eigenvalue weighted by Crippen LogP contribution is -2.37. The molecular formula is C19H16Cl2FNO3. The molecule has 3 rings (SSSR count). The molecule has 26 heavy (non-hydrogen) atoms. The molecule has 1 N–H and O–H groups in total. The standard InChI is InChI=1S/C19H16Cl2FNO3/c20-12-8-11(10-24)13(15(21)9-12)3-4-17(26)19(22)6-5-16(25)18-14(19)2-1-7-23-18/h1-2,7-9,24H,3-6,10H2/t19-/m0/s1. The summed E-state index contributed by atoms with van der Waals surface area (Å²) in [6.07, 6.45) is 1.21. The molecule has 0 radical (unpaired) electrons. The monoisotopic (exact) mass is 395 g/mol. The van der Waals surface area contributed by atoms with Crippen molar-refractivity contribution in [3.63, 3.8) is 0 Å². The number of aliphatic hydroxyl groups is 1. The van der Waals surface area contributed by atoms with Crippen LogP contribution in [0, 0.1) is 0 Å². The summed E-state index contributed by atoms with van der Waals surface area (Å²) in [7, 11) is 0. The number of fused-ring (bicyclic) bond motifs is 1. The summed E-state index contributed by atoms with van der Waals surface area (Å²) < 4.78 is 15.5. The highest BCUT2D eigenvalue weighted by molar-refractivity contribution is 6.35. The van der Waals surface area contributed by atoms with Crippen LogP contribution in [0.15, 0.2) is 30.5 Å². The highest BCUT2D eigenvalue weighted by Crippen LogP contribution is 2.40. The molecule has 0 spiro atoms. The molecule has 0 bridgehead atoms. The number of carbonyl (C=O) groups excluding carboxylic acids is 2. The zero-order chi connectivity index (χ0) is 18.9. The Balaban J connectivity index is 1.86. The SMILES string of the molecule is O=C1CC[C@@](F)(C(=O)CCc2c(Cl)cc(Cl)cc2CO)c2cccnc21. The first-order valence-corrected chi connectivity index (χ1v) is 8.91. The van der Waals surface area contributed by atoms with Crippen molar-refractivity contribution in [1.29, 1.82) is 0 Å². The number of halogens is 3. The number of alkyl halides is 1. The van der Waals surface area contributed by atoms with E-state index in [4.69, 9.17) is 23.2 Å². The number of benzene rings is 1. The van der Waals surface area contributed by atoms with E-state index in [1.807, 2.05) is 0 Å².